The minimum absolute atomic E-state index is 0.496. The lowest BCUT2D eigenvalue weighted by molar-refractivity contribution is 1.14. The molecule has 0 aliphatic heterocycles. The molecule has 2 heterocycles. The van der Waals surface area contributed by atoms with E-state index in [0.717, 1.165) is 40.0 Å². The first-order chi connectivity index (χ1) is 14.2. The molecule has 29 heavy (non-hydrogen) atoms. The number of thiazole rings is 1. The fraction of sp³-hybridized carbons (Fsp3) is 0.125. The summed E-state index contributed by atoms with van der Waals surface area (Å²) in [5.41, 5.74) is 6.44. The third-order valence-electron chi connectivity index (χ3n) is 4.74. The van der Waals surface area contributed by atoms with Gasteiger partial charge in [-0.15, -0.1) is 11.3 Å². The molecule has 0 spiro atoms. The van der Waals surface area contributed by atoms with Crippen LogP contribution in [0.2, 0.25) is 0 Å². The zero-order chi connectivity index (χ0) is 20.2. The minimum Gasteiger partial charge on any atom is -0.359 e. The second-order valence-corrected chi connectivity index (χ2v) is 7.59. The molecule has 0 aliphatic rings. The van der Waals surface area contributed by atoms with Gasteiger partial charge in [0.05, 0.1) is 16.9 Å². The van der Waals surface area contributed by atoms with Crippen LogP contribution in [0.25, 0.3) is 27.7 Å². The van der Waals surface area contributed by atoms with Crippen LogP contribution >= 0.6 is 11.3 Å². The Kier molecular flexibility index (Phi) is 5.37. The standard InChI is InChI=1S/C24H20N4S/c1-3-17-8-11-18(12-9-17)22-15-29-24(28-22)20(13-25)14-26-21-6-4-5-19-10-7-16(2)27-23(19)21/h4-12,14-15,26H,3H2,1-2H3/b20-14+. The van der Waals surface area contributed by atoms with Crippen molar-refractivity contribution in [2.75, 3.05) is 5.32 Å². The van der Waals surface area contributed by atoms with Gasteiger partial charge in [-0.1, -0.05) is 49.4 Å². The first kappa shape index (κ1) is 18.9. The number of fused-ring (bicyclic) bond motifs is 1. The van der Waals surface area contributed by atoms with Gasteiger partial charge in [0.2, 0.25) is 0 Å². The number of rotatable bonds is 5. The summed E-state index contributed by atoms with van der Waals surface area (Å²) in [7, 11) is 0. The fourth-order valence-electron chi connectivity index (χ4n) is 3.09. The maximum Gasteiger partial charge on any atom is 0.136 e. The number of allylic oxidation sites excluding steroid dienone is 1. The molecule has 0 aliphatic carbocycles. The second-order valence-electron chi connectivity index (χ2n) is 6.73. The third-order valence-corrected chi connectivity index (χ3v) is 5.62. The predicted molar refractivity (Wildman–Crippen MR) is 121 cm³/mol. The van der Waals surface area contributed by atoms with Crippen LogP contribution in [0.4, 0.5) is 5.69 Å². The highest BCUT2D eigenvalue weighted by Gasteiger charge is 2.10. The summed E-state index contributed by atoms with van der Waals surface area (Å²) >= 11 is 1.47. The molecule has 4 rings (SSSR count). The molecule has 4 aromatic rings. The van der Waals surface area contributed by atoms with Gasteiger partial charge in [0.15, 0.2) is 0 Å². The Morgan fingerprint density at radius 1 is 1.10 bits per heavy atom. The molecule has 4 nitrogen and oxygen atoms in total. The first-order valence-corrected chi connectivity index (χ1v) is 10.3. The molecule has 2 aromatic heterocycles. The SMILES string of the molecule is CCc1ccc(-c2csc(/C(C#N)=C/Nc3cccc4ccc(C)nc34)n2)cc1. The number of hydrogen-bond donors (Lipinski definition) is 1. The summed E-state index contributed by atoms with van der Waals surface area (Å²) in [4.78, 5) is 9.29. The van der Waals surface area contributed by atoms with Crippen molar-refractivity contribution in [1.82, 2.24) is 9.97 Å². The number of benzene rings is 2. The highest BCUT2D eigenvalue weighted by Crippen LogP contribution is 2.27. The van der Waals surface area contributed by atoms with Gasteiger partial charge in [-0.2, -0.15) is 5.26 Å². The quantitative estimate of drug-likeness (QED) is 0.408. The van der Waals surface area contributed by atoms with Crippen molar-refractivity contribution < 1.29 is 0 Å². The molecule has 0 bridgehead atoms. The predicted octanol–water partition coefficient (Wildman–Crippen LogP) is 6.21. The molecule has 0 fully saturated rings. The average molecular weight is 397 g/mol. The number of nitriles is 1. The van der Waals surface area contributed by atoms with Gasteiger partial charge in [0.1, 0.15) is 16.6 Å². The van der Waals surface area contributed by atoms with Crippen molar-refractivity contribution in [3.8, 4) is 17.3 Å². The van der Waals surface area contributed by atoms with Crippen molar-refractivity contribution in [3.63, 3.8) is 0 Å². The zero-order valence-corrected chi connectivity index (χ0v) is 17.1. The van der Waals surface area contributed by atoms with Gasteiger partial charge in [-0.05, 0) is 31.0 Å². The van der Waals surface area contributed by atoms with Gasteiger partial charge < -0.3 is 5.32 Å². The molecule has 142 valence electrons. The number of pyridine rings is 1. The van der Waals surface area contributed by atoms with Crippen LogP contribution in [0.15, 0.2) is 66.2 Å². The van der Waals surface area contributed by atoms with E-state index in [0.29, 0.717) is 10.6 Å². The average Bonchev–Trinajstić information content (AvgIpc) is 3.24. The molecule has 0 amide bonds. The van der Waals surface area contributed by atoms with E-state index in [-0.39, 0.29) is 0 Å². The summed E-state index contributed by atoms with van der Waals surface area (Å²) in [5, 5.41) is 16.6. The van der Waals surface area contributed by atoms with Crippen molar-refractivity contribution in [3.05, 3.63) is 82.4 Å². The Labute approximate surface area is 174 Å². The van der Waals surface area contributed by atoms with E-state index in [1.54, 1.807) is 6.20 Å². The van der Waals surface area contributed by atoms with Crippen LogP contribution in [0.1, 0.15) is 23.2 Å². The van der Waals surface area contributed by atoms with Crippen LogP contribution in [0, 0.1) is 18.3 Å². The zero-order valence-electron chi connectivity index (χ0n) is 16.3. The highest BCUT2D eigenvalue weighted by molar-refractivity contribution is 7.11. The number of aromatic nitrogens is 2. The molecule has 5 heteroatoms. The Bertz CT molecular complexity index is 1230. The van der Waals surface area contributed by atoms with Crippen LogP contribution in [-0.4, -0.2) is 9.97 Å². The van der Waals surface area contributed by atoms with Crippen LogP contribution < -0.4 is 5.32 Å². The third kappa shape index (κ3) is 4.03. The largest absolute Gasteiger partial charge is 0.359 e. The lowest BCUT2D eigenvalue weighted by atomic mass is 10.1. The molecule has 0 atom stereocenters. The summed E-state index contributed by atoms with van der Waals surface area (Å²) in [6.07, 6.45) is 2.72. The number of anilines is 1. The molecular formula is C24H20N4S. The second kappa shape index (κ2) is 8.26. The van der Waals surface area contributed by atoms with E-state index in [2.05, 4.69) is 58.6 Å². The summed E-state index contributed by atoms with van der Waals surface area (Å²) in [6.45, 7) is 4.11. The molecular weight excluding hydrogens is 376 g/mol. The monoisotopic (exact) mass is 396 g/mol. The number of aryl methyl sites for hydroxylation is 2. The molecule has 0 saturated carbocycles. The highest BCUT2D eigenvalue weighted by atomic mass is 32.1. The topological polar surface area (TPSA) is 61.6 Å². The van der Waals surface area contributed by atoms with Crippen molar-refractivity contribution in [2.24, 2.45) is 0 Å². The lowest BCUT2D eigenvalue weighted by Crippen LogP contribution is -1.94. The number of nitrogens with one attached hydrogen (secondary N) is 1. The molecule has 0 unspecified atom stereocenters. The maximum absolute atomic E-state index is 9.66. The van der Waals surface area contributed by atoms with E-state index >= 15 is 0 Å². The first-order valence-electron chi connectivity index (χ1n) is 9.46. The Balaban J connectivity index is 1.61. The minimum atomic E-state index is 0.496. The van der Waals surface area contributed by atoms with Crippen molar-refractivity contribution >= 4 is 33.5 Å². The van der Waals surface area contributed by atoms with Crippen molar-refractivity contribution in [1.29, 1.82) is 5.26 Å². The van der Waals surface area contributed by atoms with Crippen LogP contribution in [0.3, 0.4) is 0 Å². The van der Waals surface area contributed by atoms with Gasteiger partial charge in [0, 0.05) is 28.2 Å². The van der Waals surface area contributed by atoms with Gasteiger partial charge in [-0.25, -0.2) is 4.98 Å². The maximum atomic E-state index is 9.66. The van der Waals surface area contributed by atoms with Gasteiger partial charge >= 0.3 is 0 Å². The van der Waals surface area contributed by atoms with E-state index in [1.165, 1.54) is 16.9 Å². The number of hydrogen-bond acceptors (Lipinski definition) is 5. The smallest absolute Gasteiger partial charge is 0.136 e. The fourth-order valence-corrected chi connectivity index (χ4v) is 3.89. The lowest BCUT2D eigenvalue weighted by Gasteiger charge is -2.06. The number of nitrogens with zero attached hydrogens (tertiary/aromatic N) is 3. The van der Waals surface area contributed by atoms with E-state index < -0.39 is 0 Å². The molecule has 1 N–H and O–H groups in total. The van der Waals surface area contributed by atoms with E-state index in [9.17, 15) is 5.26 Å². The molecule has 2 aromatic carbocycles. The molecule has 0 saturated heterocycles. The van der Waals surface area contributed by atoms with Crippen molar-refractivity contribution in [2.45, 2.75) is 20.3 Å². The van der Waals surface area contributed by atoms with Crippen LogP contribution in [0.5, 0.6) is 0 Å². The Hall–Kier alpha value is -3.49. The Morgan fingerprint density at radius 2 is 1.93 bits per heavy atom. The van der Waals surface area contributed by atoms with Gasteiger partial charge in [-0.3, -0.25) is 4.98 Å². The number of para-hydroxylation sites is 1. The Morgan fingerprint density at radius 3 is 2.69 bits per heavy atom. The summed E-state index contributed by atoms with van der Waals surface area (Å²) in [5.74, 6) is 0. The normalized spacial score (nSPS) is 11.4. The summed E-state index contributed by atoms with van der Waals surface area (Å²) < 4.78 is 0. The van der Waals surface area contributed by atoms with E-state index in [1.807, 2.05) is 36.6 Å². The summed E-state index contributed by atoms with van der Waals surface area (Å²) in [6, 6.07) is 20.7. The van der Waals surface area contributed by atoms with Gasteiger partial charge in [0.25, 0.3) is 0 Å². The molecule has 0 radical (unpaired) electrons. The van der Waals surface area contributed by atoms with Crippen LogP contribution in [-0.2, 0) is 6.42 Å². The van der Waals surface area contributed by atoms with E-state index in [4.69, 9.17) is 0 Å².